The molecule has 0 atom stereocenters. The fourth-order valence-corrected chi connectivity index (χ4v) is 0.218. The molecule has 0 aliphatic carbocycles. The Morgan fingerprint density at radius 1 is 1.12 bits per heavy atom. The molecule has 0 saturated heterocycles. The highest BCUT2D eigenvalue weighted by molar-refractivity contribution is 4.93. The van der Waals surface area contributed by atoms with Crippen LogP contribution in [0.5, 0.6) is 0 Å². The Hall–Kier alpha value is -0.470. The second-order valence-electron chi connectivity index (χ2n) is 1.76. The third-order valence-electron chi connectivity index (χ3n) is 0.687. The largest absolute Gasteiger partial charge is 0.301 e. The van der Waals surface area contributed by atoms with Crippen molar-refractivity contribution in [1.29, 1.82) is 0 Å². The molecule has 0 aromatic carbocycles. The van der Waals surface area contributed by atoms with E-state index < -0.39 is 17.8 Å². The highest BCUT2D eigenvalue weighted by atomic mass is 19.3. The Labute approximate surface area is 46.0 Å². The molecule has 0 nitrogen and oxygen atoms in total. The summed E-state index contributed by atoms with van der Waals surface area (Å²) in [6.45, 7) is 2.74. The average molecular weight is 124 g/mol. The Bertz CT molecular complexity index is 100. The van der Waals surface area contributed by atoms with Crippen molar-refractivity contribution in [2.75, 3.05) is 0 Å². The number of rotatable bonds is 1. The van der Waals surface area contributed by atoms with E-state index in [2.05, 4.69) is 0 Å². The van der Waals surface area contributed by atoms with Gasteiger partial charge in [-0.2, -0.15) is 8.78 Å². The van der Waals surface area contributed by atoms with E-state index in [1.54, 1.807) is 0 Å². The second kappa shape index (κ2) is 2.74. The molecule has 0 amide bonds. The molecular formula is C5H7F3. The van der Waals surface area contributed by atoms with Crippen molar-refractivity contribution >= 4 is 0 Å². The quantitative estimate of drug-likeness (QED) is 0.504. The molecule has 0 heterocycles. The molecule has 3 heteroatoms. The van der Waals surface area contributed by atoms with Gasteiger partial charge in [-0.25, -0.2) is 4.39 Å². The van der Waals surface area contributed by atoms with Crippen molar-refractivity contribution in [2.24, 2.45) is 5.92 Å². The SMILES string of the molecule is CC(C)C(F)=C(F)F. The molecule has 0 aliphatic heterocycles. The van der Waals surface area contributed by atoms with Crippen LogP contribution < -0.4 is 0 Å². The monoisotopic (exact) mass is 124 g/mol. The van der Waals surface area contributed by atoms with E-state index in [1.165, 1.54) is 13.8 Å². The minimum Gasteiger partial charge on any atom is -0.206 e. The molecule has 8 heavy (non-hydrogen) atoms. The zero-order chi connectivity index (χ0) is 6.73. The minimum absolute atomic E-state index is 0.694. The van der Waals surface area contributed by atoms with Crippen LogP contribution in [0.4, 0.5) is 13.2 Å². The topological polar surface area (TPSA) is 0 Å². The van der Waals surface area contributed by atoms with Gasteiger partial charge in [0.15, 0.2) is 5.83 Å². The van der Waals surface area contributed by atoms with Crippen LogP contribution >= 0.6 is 0 Å². The predicted molar refractivity (Wildman–Crippen MR) is 25.2 cm³/mol. The first kappa shape index (κ1) is 7.53. The molecule has 0 aliphatic rings. The summed E-state index contributed by atoms with van der Waals surface area (Å²) in [4.78, 5) is 0. The highest BCUT2D eigenvalue weighted by Crippen LogP contribution is 2.17. The summed E-state index contributed by atoms with van der Waals surface area (Å²) in [5.74, 6) is -2.01. The van der Waals surface area contributed by atoms with E-state index in [4.69, 9.17) is 0 Å². The lowest BCUT2D eigenvalue weighted by Gasteiger charge is -1.95. The van der Waals surface area contributed by atoms with Crippen LogP contribution in [-0.4, -0.2) is 0 Å². The van der Waals surface area contributed by atoms with Crippen LogP contribution in [0.25, 0.3) is 0 Å². The van der Waals surface area contributed by atoms with E-state index >= 15 is 0 Å². The van der Waals surface area contributed by atoms with Crippen LogP contribution in [0.3, 0.4) is 0 Å². The zero-order valence-corrected chi connectivity index (χ0v) is 4.71. The smallest absolute Gasteiger partial charge is 0.206 e. The van der Waals surface area contributed by atoms with Gasteiger partial charge in [0.05, 0.1) is 0 Å². The van der Waals surface area contributed by atoms with Gasteiger partial charge in [0.25, 0.3) is 0 Å². The third-order valence-corrected chi connectivity index (χ3v) is 0.687. The van der Waals surface area contributed by atoms with Crippen molar-refractivity contribution < 1.29 is 13.2 Å². The van der Waals surface area contributed by atoms with Gasteiger partial charge in [0.1, 0.15) is 0 Å². The Morgan fingerprint density at radius 3 is 1.50 bits per heavy atom. The standard InChI is InChI=1S/C5H7F3/c1-3(2)4(6)5(7)8/h3H,1-2H3. The summed E-state index contributed by atoms with van der Waals surface area (Å²) in [5, 5.41) is 0. The summed E-state index contributed by atoms with van der Waals surface area (Å²) in [6, 6.07) is 0. The number of hydrogen-bond donors (Lipinski definition) is 0. The number of hydrogen-bond acceptors (Lipinski definition) is 0. The molecule has 0 fully saturated rings. The van der Waals surface area contributed by atoms with E-state index in [-0.39, 0.29) is 0 Å². The van der Waals surface area contributed by atoms with Crippen molar-refractivity contribution in [1.82, 2.24) is 0 Å². The first-order chi connectivity index (χ1) is 3.55. The van der Waals surface area contributed by atoms with Crippen molar-refractivity contribution in [3.8, 4) is 0 Å². The van der Waals surface area contributed by atoms with Gasteiger partial charge in [-0.05, 0) is 0 Å². The minimum atomic E-state index is -2.21. The summed E-state index contributed by atoms with van der Waals surface area (Å²) in [7, 11) is 0. The maximum atomic E-state index is 11.8. The van der Waals surface area contributed by atoms with Gasteiger partial charge in [-0.15, -0.1) is 0 Å². The Balaban J connectivity index is 4.00. The predicted octanol–water partition coefficient (Wildman–Crippen LogP) is 2.72. The van der Waals surface area contributed by atoms with Gasteiger partial charge < -0.3 is 0 Å². The van der Waals surface area contributed by atoms with Gasteiger partial charge in [0.2, 0.25) is 0 Å². The first-order valence-corrected chi connectivity index (χ1v) is 2.26. The summed E-state index contributed by atoms with van der Waals surface area (Å²) >= 11 is 0. The van der Waals surface area contributed by atoms with Crippen LogP contribution in [0.15, 0.2) is 11.9 Å². The lowest BCUT2D eigenvalue weighted by Crippen LogP contribution is -1.87. The lowest BCUT2D eigenvalue weighted by atomic mass is 10.2. The van der Waals surface area contributed by atoms with Crippen molar-refractivity contribution in [2.45, 2.75) is 13.8 Å². The van der Waals surface area contributed by atoms with Crippen LogP contribution in [0.2, 0.25) is 0 Å². The Kier molecular flexibility index (Phi) is 2.58. The number of allylic oxidation sites excluding steroid dienone is 1. The molecule has 0 bridgehead atoms. The molecule has 0 unspecified atom stereocenters. The molecule has 0 aromatic rings. The summed E-state index contributed by atoms with van der Waals surface area (Å²) < 4.78 is 34.1. The number of halogens is 3. The maximum Gasteiger partial charge on any atom is 0.301 e. The van der Waals surface area contributed by atoms with Crippen LogP contribution in [0.1, 0.15) is 13.8 Å². The average Bonchev–Trinajstić information content (AvgIpc) is 1.64. The summed E-state index contributed by atoms with van der Waals surface area (Å²) in [5.41, 5.74) is 0. The van der Waals surface area contributed by atoms with Gasteiger partial charge in [-0.1, -0.05) is 13.8 Å². The second-order valence-corrected chi connectivity index (χ2v) is 1.76. The van der Waals surface area contributed by atoms with Crippen molar-refractivity contribution in [3.63, 3.8) is 0 Å². The molecule has 48 valence electrons. The maximum absolute atomic E-state index is 11.8. The third kappa shape index (κ3) is 2.00. The van der Waals surface area contributed by atoms with Gasteiger partial charge >= 0.3 is 6.08 Å². The van der Waals surface area contributed by atoms with Crippen LogP contribution in [-0.2, 0) is 0 Å². The molecule has 0 saturated carbocycles. The van der Waals surface area contributed by atoms with E-state index in [0.29, 0.717) is 0 Å². The molecule has 0 rings (SSSR count). The van der Waals surface area contributed by atoms with Crippen LogP contribution in [0, 0.1) is 5.92 Å². The molecule has 0 aromatic heterocycles. The first-order valence-electron chi connectivity index (χ1n) is 2.26. The Morgan fingerprint density at radius 2 is 1.50 bits per heavy atom. The zero-order valence-electron chi connectivity index (χ0n) is 4.71. The lowest BCUT2D eigenvalue weighted by molar-refractivity contribution is 0.353. The summed E-state index contributed by atoms with van der Waals surface area (Å²) in [6.07, 6.45) is -2.21. The molecule has 0 spiro atoms. The molecule has 0 N–H and O–H groups in total. The normalized spacial score (nSPS) is 9.75. The van der Waals surface area contributed by atoms with E-state index in [0.717, 1.165) is 0 Å². The fraction of sp³-hybridized carbons (Fsp3) is 0.600. The van der Waals surface area contributed by atoms with E-state index in [9.17, 15) is 13.2 Å². The van der Waals surface area contributed by atoms with Crippen molar-refractivity contribution in [3.05, 3.63) is 11.9 Å². The fourth-order valence-electron chi connectivity index (χ4n) is 0.218. The molecule has 0 radical (unpaired) electrons. The molecular weight excluding hydrogens is 117 g/mol. The van der Waals surface area contributed by atoms with Gasteiger partial charge in [0, 0.05) is 5.92 Å². The van der Waals surface area contributed by atoms with E-state index in [1.807, 2.05) is 0 Å². The van der Waals surface area contributed by atoms with Gasteiger partial charge in [-0.3, -0.25) is 0 Å². The highest BCUT2D eigenvalue weighted by Gasteiger charge is 2.07.